The first-order valence-electron chi connectivity index (χ1n) is 8.86. The van der Waals surface area contributed by atoms with Gasteiger partial charge in [0.05, 0.1) is 0 Å². The quantitative estimate of drug-likeness (QED) is 0.704. The molecule has 7 nitrogen and oxygen atoms in total. The Bertz CT molecular complexity index is 989. The average Bonchev–Trinajstić information content (AvgIpc) is 3.23. The van der Waals surface area contributed by atoms with Gasteiger partial charge in [0.25, 0.3) is 0 Å². The number of nitrogens with zero attached hydrogens (tertiary/aromatic N) is 5. The first-order valence-corrected chi connectivity index (χ1v) is 9.74. The lowest BCUT2D eigenvalue weighted by Crippen LogP contribution is -2.40. The van der Waals surface area contributed by atoms with Crippen LogP contribution in [0.15, 0.2) is 34.6 Å². The van der Waals surface area contributed by atoms with Crippen LogP contribution >= 0.6 is 11.3 Å². The van der Waals surface area contributed by atoms with Gasteiger partial charge in [-0.25, -0.2) is 0 Å². The van der Waals surface area contributed by atoms with Crippen LogP contribution in [0, 0.1) is 6.92 Å². The van der Waals surface area contributed by atoms with E-state index in [0.29, 0.717) is 19.5 Å². The van der Waals surface area contributed by atoms with Crippen LogP contribution in [-0.4, -0.2) is 43.1 Å². The minimum atomic E-state index is 0.00162. The van der Waals surface area contributed by atoms with E-state index in [1.165, 1.54) is 11.3 Å². The first kappa shape index (κ1) is 17.0. The molecule has 1 unspecified atom stereocenters. The number of hydrogen-bond donors (Lipinski definition) is 0. The lowest BCUT2D eigenvalue weighted by Gasteiger charge is -2.32. The van der Waals surface area contributed by atoms with Crippen molar-refractivity contribution in [2.75, 3.05) is 13.1 Å². The lowest BCUT2D eigenvalue weighted by molar-refractivity contribution is -0.132. The second-order valence-electron chi connectivity index (χ2n) is 6.71. The molecule has 0 bridgehead atoms. The number of piperidine rings is 1. The van der Waals surface area contributed by atoms with Crippen LogP contribution in [0.5, 0.6) is 0 Å². The van der Waals surface area contributed by atoms with Gasteiger partial charge in [0.1, 0.15) is 5.82 Å². The highest BCUT2D eigenvalue weighted by Crippen LogP contribution is 2.26. The highest BCUT2D eigenvalue weighted by atomic mass is 32.1. The normalized spacial score (nSPS) is 17.7. The second kappa shape index (κ2) is 7.03. The minimum absolute atomic E-state index is 0.00162. The Labute approximate surface area is 154 Å². The molecule has 136 valence electrons. The van der Waals surface area contributed by atoms with Crippen LogP contribution < -0.4 is 4.87 Å². The Morgan fingerprint density at radius 2 is 2.23 bits per heavy atom. The van der Waals surface area contributed by atoms with Crippen molar-refractivity contribution in [2.24, 2.45) is 0 Å². The molecule has 1 aliphatic rings. The van der Waals surface area contributed by atoms with Gasteiger partial charge in [-0.1, -0.05) is 17.4 Å². The number of carbonyl (C=O) groups excluding carboxylic acids is 1. The summed E-state index contributed by atoms with van der Waals surface area (Å²) >= 11 is 1.18. The van der Waals surface area contributed by atoms with Gasteiger partial charge in [0.15, 0.2) is 5.65 Å². The Morgan fingerprint density at radius 1 is 1.35 bits per heavy atom. The SMILES string of the molecule is Cc1csc(=O)n1CCC(=O)N1CCCC(c2nnc3ccccn23)C1. The molecule has 0 radical (unpaired) electrons. The number of amides is 1. The summed E-state index contributed by atoms with van der Waals surface area (Å²) in [4.78, 5) is 26.4. The molecule has 0 spiro atoms. The third-order valence-corrected chi connectivity index (χ3v) is 5.89. The molecule has 4 heterocycles. The van der Waals surface area contributed by atoms with Gasteiger partial charge >= 0.3 is 4.87 Å². The summed E-state index contributed by atoms with van der Waals surface area (Å²) in [7, 11) is 0. The second-order valence-corrected chi connectivity index (χ2v) is 7.53. The van der Waals surface area contributed by atoms with Gasteiger partial charge in [-0.2, -0.15) is 0 Å². The summed E-state index contributed by atoms with van der Waals surface area (Å²) < 4.78 is 3.68. The van der Waals surface area contributed by atoms with E-state index in [9.17, 15) is 9.59 Å². The van der Waals surface area contributed by atoms with E-state index >= 15 is 0 Å². The van der Waals surface area contributed by atoms with E-state index in [0.717, 1.165) is 36.6 Å². The van der Waals surface area contributed by atoms with Crippen LogP contribution in [-0.2, 0) is 11.3 Å². The fraction of sp³-hybridized carbons (Fsp3) is 0.444. The van der Waals surface area contributed by atoms with Gasteiger partial charge in [-0.05, 0) is 31.9 Å². The Hall–Kier alpha value is -2.48. The Kier molecular flexibility index (Phi) is 4.58. The summed E-state index contributed by atoms with van der Waals surface area (Å²) in [5, 5.41) is 10.4. The van der Waals surface area contributed by atoms with E-state index in [-0.39, 0.29) is 16.7 Å². The maximum atomic E-state index is 12.7. The van der Waals surface area contributed by atoms with Gasteiger partial charge in [0, 0.05) is 49.2 Å². The molecule has 0 aliphatic carbocycles. The molecule has 26 heavy (non-hydrogen) atoms. The fourth-order valence-corrected chi connectivity index (χ4v) is 4.35. The van der Waals surface area contributed by atoms with E-state index in [1.54, 1.807) is 4.57 Å². The van der Waals surface area contributed by atoms with Crippen LogP contribution in [0.4, 0.5) is 0 Å². The molecular weight excluding hydrogens is 350 g/mol. The summed E-state index contributed by atoms with van der Waals surface area (Å²) in [5.41, 5.74) is 1.75. The van der Waals surface area contributed by atoms with E-state index < -0.39 is 0 Å². The van der Waals surface area contributed by atoms with Crippen molar-refractivity contribution in [3.63, 3.8) is 0 Å². The monoisotopic (exact) mass is 371 g/mol. The molecule has 4 rings (SSSR count). The number of likely N-dealkylation sites (tertiary alicyclic amines) is 1. The molecule has 3 aromatic rings. The van der Waals surface area contributed by atoms with Crippen molar-refractivity contribution in [3.05, 3.63) is 51.0 Å². The molecule has 0 saturated carbocycles. The largest absolute Gasteiger partial charge is 0.342 e. The predicted molar refractivity (Wildman–Crippen MR) is 99.5 cm³/mol. The first-order chi connectivity index (χ1) is 12.6. The number of aromatic nitrogens is 4. The zero-order valence-corrected chi connectivity index (χ0v) is 15.5. The van der Waals surface area contributed by atoms with Crippen LogP contribution in [0.25, 0.3) is 5.65 Å². The summed E-state index contributed by atoms with van der Waals surface area (Å²) in [6.45, 7) is 3.77. The summed E-state index contributed by atoms with van der Waals surface area (Å²) in [6, 6.07) is 5.84. The predicted octanol–water partition coefficient (Wildman–Crippen LogP) is 2.06. The van der Waals surface area contributed by atoms with Crippen molar-refractivity contribution in [1.82, 2.24) is 24.1 Å². The third-order valence-electron chi connectivity index (χ3n) is 5.01. The number of hydrogen-bond acceptors (Lipinski definition) is 5. The summed E-state index contributed by atoms with van der Waals surface area (Å²) in [6.07, 6.45) is 4.28. The average molecular weight is 371 g/mol. The van der Waals surface area contributed by atoms with Crippen LogP contribution in [0.1, 0.15) is 36.7 Å². The number of carbonyl (C=O) groups is 1. The molecule has 1 fully saturated rings. The lowest BCUT2D eigenvalue weighted by atomic mass is 9.97. The maximum absolute atomic E-state index is 12.7. The van der Waals surface area contributed by atoms with Crippen molar-refractivity contribution < 1.29 is 4.79 Å². The summed E-state index contributed by atoms with van der Waals surface area (Å²) in [5.74, 6) is 1.21. The van der Waals surface area contributed by atoms with Crippen LogP contribution in [0.3, 0.4) is 0 Å². The maximum Gasteiger partial charge on any atom is 0.307 e. The third kappa shape index (κ3) is 3.16. The number of aryl methyl sites for hydroxylation is 1. The van der Waals surface area contributed by atoms with Crippen molar-refractivity contribution in [3.8, 4) is 0 Å². The van der Waals surface area contributed by atoms with E-state index in [2.05, 4.69) is 10.2 Å². The molecule has 1 amide bonds. The number of fused-ring (bicyclic) bond motifs is 1. The molecule has 1 atom stereocenters. The van der Waals surface area contributed by atoms with Gasteiger partial charge in [0.2, 0.25) is 5.91 Å². The number of rotatable bonds is 4. The zero-order chi connectivity index (χ0) is 18.1. The van der Waals surface area contributed by atoms with E-state index in [1.807, 2.05) is 46.0 Å². The highest BCUT2D eigenvalue weighted by Gasteiger charge is 2.27. The topological polar surface area (TPSA) is 72.5 Å². The minimum Gasteiger partial charge on any atom is -0.342 e. The van der Waals surface area contributed by atoms with Crippen LogP contribution in [0.2, 0.25) is 0 Å². The van der Waals surface area contributed by atoms with Gasteiger partial charge in [-0.3, -0.25) is 14.0 Å². The van der Waals surface area contributed by atoms with Gasteiger partial charge in [-0.15, -0.1) is 10.2 Å². The Morgan fingerprint density at radius 3 is 3.04 bits per heavy atom. The highest BCUT2D eigenvalue weighted by molar-refractivity contribution is 7.07. The molecule has 0 aromatic carbocycles. The molecule has 1 aliphatic heterocycles. The fourth-order valence-electron chi connectivity index (χ4n) is 3.59. The molecule has 1 saturated heterocycles. The molecule has 8 heteroatoms. The van der Waals surface area contributed by atoms with Crippen molar-refractivity contribution >= 4 is 22.9 Å². The number of thiazole rings is 1. The van der Waals surface area contributed by atoms with E-state index in [4.69, 9.17) is 0 Å². The number of pyridine rings is 1. The standard InChI is InChI=1S/C18H21N5O2S/c1-13-12-26-18(25)22(13)10-7-16(24)21-8-4-5-14(11-21)17-20-19-15-6-2-3-9-23(15)17/h2-3,6,9,12,14H,4-5,7-8,10-11H2,1H3. The smallest absolute Gasteiger partial charge is 0.307 e. The zero-order valence-electron chi connectivity index (χ0n) is 14.7. The van der Waals surface area contributed by atoms with Crippen molar-refractivity contribution in [1.29, 1.82) is 0 Å². The molecular formula is C18H21N5O2S. The molecule has 3 aromatic heterocycles. The van der Waals surface area contributed by atoms with Gasteiger partial charge < -0.3 is 9.47 Å². The van der Waals surface area contributed by atoms with Crippen molar-refractivity contribution in [2.45, 2.75) is 38.6 Å². The Balaban J connectivity index is 1.45. The molecule has 0 N–H and O–H groups in total.